The van der Waals surface area contributed by atoms with Crippen LogP contribution in [0.5, 0.6) is 11.5 Å². The molecule has 0 fully saturated rings. The van der Waals surface area contributed by atoms with E-state index in [2.05, 4.69) is 10.6 Å². The summed E-state index contributed by atoms with van der Waals surface area (Å²) in [7, 11) is 0. The van der Waals surface area contributed by atoms with Crippen LogP contribution >= 0.6 is 0 Å². The lowest BCUT2D eigenvalue weighted by atomic mass is 10.1. The average Bonchev–Trinajstić information content (AvgIpc) is 2.45. The molecule has 0 aliphatic carbocycles. The number of carbonyl (C=O) groups is 1. The normalized spacial score (nSPS) is 11.6. The number of urea groups is 1. The summed E-state index contributed by atoms with van der Waals surface area (Å²) in [5.41, 5.74) is 2.84. The highest BCUT2D eigenvalue weighted by Crippen LogP contribution is 2.18. The van der Waals surface area contributed by atoms with E-state index in [0.29, 0.717) is 5.75 Å². The first-order chi connectivity index (χ1) is 10.4. The first kappa shape index (κ1) is 15.7. The van der Waals surface area contributed by atoms with Gasteiger partial charge in [-0.1, -0.05) is 12.1 Å². The van der Waals surface area contributed by atoms with Crippen molar-refractivity contribution in [1.29, 1.82) is 0 Å². The molecule has 22 heavy (non-hydrogen) atoms. The van der Waals surface area contributed by atoms with Crippen LogP contribution in [0.3, 0.4) is 0 Å². The van der Waals surface area contributed by atoms with E-state index in [4.69, 9.17) is 4.74 Å². The molecule has 2 aromatic rings. The highest BCUT2D eigenvalue weighted by Gasteiger charge is 2.10. The number of carbonyl (C=O) groups excluding carboxylic acids is 1. The van der Waals surface area contributed by atoms with Crippen LogP contribution in [0, 0.1) is 13.8 Å². The third-order valence-electron chi connectivity index (χ3n) is 3.13. The van der Waals surface area contributed by atoms with E-state index in [1.807, 2.05) is 32.0 Å². The summed E-state index contributed by atoms with van der Waals surface area (Å²) >= 11 is 0. The number of rotatable bonds is 4. The Kier molecular flexibility index (Phi) is 4.88. The number of nitrogens with one attached hydrogen (secondary N) is 2. The fourth-order valence-corrected chi connectivity index (χ4v) is 1.97. The summed E-state index contributed by atoms with van der Waals surface area (Å²) in [5, 5.41) is 14.7. The maximum absolute atomic E-state index is 12.0. The van der Waals surface area contributed by atoms with Crippen molar-refractivity contribution in [3.05, 3.63) is 53.6 Å². The summed E-state index contributed by atoms with van der Waals surface area (Å²) in [6.45, 7) is 5.64. The average molecular weight is 300 g/mol. The fourth-order valence-electron chi connectivity index (χ4n) is 1.97. The Morgan fingerprint density at radius 1 is 1.14 bits per heavy atom. The van der Waals surface area contributed by atoms with Crippen LogP contribution in [0.4, 0.5) is 10.5 Å². The Hall–Kier alpha value is -2.69. The Labute approximate surface area is 129 Å². The molecular formula is C17H20N2O3. The van der Waals surface area contributed by atoms with Crippen molar-refractivity contribution in [3.63, 3.8) is 0 Å². The van der Waals surface area contributed by atoms with Crippen LogP contribution in [0.15, 0.2) is 42.5 Å². The summed E-state index contributed by atoms with van der Waals surface area (Å²) in [6.07, 6.45) is -0.505. The van der Waals surface area contributed by atoms with Crippen molar-refractivity contribution < 1.29 is 14.6 Å². The van der Waals surface area contributed by atoms with Crippen molar-refractivity contribution in [3.8, 4) is 11.5 Å². The molecule has 0 bridgehead atoms. The molecule has 0 aromatic heterocycles. The summed E-state index contributed by atoms with van der Waals surface area (Å²) in [5.74, 6) is 0.734. The molecule has 1 atom stereocenters. The number of phenolic OH excluding ortho intramolecular Hbond substituents is 1. The van der Waals surface area contributed by atoms with Gasteiger partial charge in [-0.25, -0.2) is 4.79 Å². The molecule has 0 aliphatic heterocycles. The van der Waals surface area contributed by atoms with Crippen molar-refractivity contribution in [2.45, 2.75) is 27.0 Å². The number of aryl methyl sites for hydroxylation is 2. The van der Waals surface area contributed by atoms with Crippen LogP contribution in [0.25, 0.3) is 0 Å². The maximum Gasteiger partial charge on any atom is 0.322 e. The summed E-state index contributed by atoms with van der Waals surface area (Å²) in [6, 6.07) is 11.9. The Balaban J connectivity index is 1.91. The number of ether oxygens (including phenoxy) is 1. The Bertz CT molecular complexity index is 653. The van der Waals surface area contributed by atoms with E-state index in [0.717, 1.165) is 16.8 Å². The van der Waals surface area contributed by atoms with Crippen molar-refractivity contribution >= 4 is 11.7 Å². The minimum Gasteiger partial charge on any atom is -0.508 e. The van der Waals surface area contributed by atoms with Gasteiger partial charge in [-0.15, -0.1) is 0 Å². The van der Waals surface area contributed by atoms with Gasteiger partial charge in [-0.2, -0.15) is 0 Å². The second kappa shape index (κ2) is 6.85. The van der Waals surface area contributed by atoms with E-state index in [1.165, 1.54) is 12.1 Å². The molecule has 0 spiro atoms. The van der Waals surface area contributed by atoms with Crippen LogP contribution in [-0.2, 0) is 0 Å². The zero-order valence-electron chi connectivity index (χ0n) is 12.9. The zero-order chi connectivity index (χ0) is 16.1. The molecule has 5 nitrogen and oxygen atoms in total. The minimum atomic E-state index is -0.505. The first-order valence-electron chi connectivity index (χ1n) is 7.04. The van der Waals surface area contributed by atoms with Gasteiger partial charge in [0.25, 0.3) is 0 Å². The second-order valence-electron chi connectivity index (χ2n) is 5.17. The lowest BCUT2D eigenvalue weighted by Crippen LogP contribution is -2.39. The highest BCUT2D eigenvalue weighted by atomic mass is 16.5. The van der Waals surface area contributed by atoms with E-state index < -0.39 is 6.23 Å². The number of phenols is 1. The van der Waals surface area contributed by atoms with Gasteiger partial charge in [0.05, 0.1) is 0 Å². The molecule has 0 heterocycles. The SMILES string of the molecule is Cc1ccc(C)c(NC(=O)NC(C)Oc2ccc(O)cc2)c1. The van der Waals surface area contributed by atoms with E-state index in [9.17, 15) is 9.90 Å². The number of benzene rings is 2. The standard InChI is InChI=1S/C17H20N2O3/c1-11-4-5-12(2)16(10-11)19-17(21)18-13(3)22-15-8-6-14(20)7-9-15/h4-10,13,20H,1-3H3,(H2,18,19,21). The van der Waals surface area contributed by atoms with Crippen molar-refractivity contribution in [2.24, 2.45) is 0 Å². The molecule has 0 saturated heterocycles. The van der Waals surface area contributed by atoms with Gasteiger partial charge in [-0.05, 0) is 62.2 Å². The molecule has 0 radical (unpaired) electrons. The predicted octanol–water partition coefficient (Wildman–Crippen LogP) is 3.56. The Morgan fingerprint density at radius 2 is 1.82 bits per heavy atom. The number of hydrogen-bond donors (Lipinski definition) is 3. The maximum atomic E-state index is 12.0. The van der Waals surface area contributed by atoms with Crippen LogP contribution in [0.2, 0.25) is 0 Å². The monoisotopic (exact) mass is 300 g/mol. The van der Waals surface area contributed by atoms with E-state index in [1.54, 1.807) is 19.1 Å². The van der Waals surface area contributed by atoms with Crippen molar-refractivity contribution in [2.75, 3.05) is 5.32 Å². The molecular weight excluding hydrogens is 280 g/mol. The summed E-state index contributed by atoms with van der Waals surface area (Å²) < 4.78 is 5.55. The molecule has 0 aliphatic rings. The van der Waals surface area contributed by atoms with Crippen LogP contribution in [-0.4, -0.2) is 17.4 Å². The molecule has 5 heteroatoms. The van der Waals surface area contributed by atoms with Gasteiger partial charge in [-0.3, -0.25) is 0 Å². The van der Waals surface area contributed by atoms with Gasteiger partial charge in [0.2, 0.25) is 0 Å². The van der Waals surface area contributed by atoms with Gasteiger partial charge in [0.15, 0.2) is 6.23 Å². The quantitative estimate of drug-likeness (QED) is 0.756. The van der Waals surface area contributed by atoms with Gasteiger partial charge < -0.3 is 20.5 Å². The predicted molar refractivity (Wildman–Crippen MR) is 86.3 cm³/mol. The lowest BCUT2D eigenvalue weighted by molar-refractivity contribution is 0.183. The van der Waals surface area contributed by atoms with Gasteiger partial charge in [0, 0.05) is 5.69 Å². The lowest BCUT2D eigenvalue weighted by Gasteiger charge is -2.17. The molecule has 3 N–H and O–H groups in total. The number of aromatic hydroxyl groups is 1. The molecule has 2 rings (SSSR count). The third-order valence-corrected chi connectivity index (χ3v) is 3.13. The van der Waals surface area contributed by atoms with E-state index >= 15 is 0 Å². The van der Waals surface area contributed by atoms with Crippen LogP contribution < -0.4 is 15.4 Å². The first-order valence-corrected chi connectivity index (χ1v) is 7.04. The number of amides is 2. The smallest absolute Gasteiger partial charge is 0.322 e. The van der Waals surface area contributed by atoms with Gasteiger partial charge in [0.1, 0.15) is 11.5 Å². The summed E-state index contributed by atoms with van der Waals surface area (Å²) in [4.78, 5) is 12.0. The minimum absolute atomic E-state index is 0.167. The Morgan fingerprint density at radius 3 is 2.50 bits per heavy atom. The molecule has 116 valence electrons. The zero-order valence-corrected chi connectivity index (χ0v) is 12.9. The second-order valence-corrected chi connectivity index (χ2v) is 5.17. The highest BCUT2D eigenvalue weighted by molar-refractivity contribution is 5.90. The number of hydrogen-bond acceptors (Lipinski definition) is 3. The fraction of sp³-hybridized carbons (Fsp3) is 0.235. The molecule has 0 saturated carbocycles. The molecule has 1 unspecified atom stereocenters. The molecule has 2 amide bonds. The number of anilines is 1. The third kappa shape index (κ3) is 4.41. The van der Waals surface area contributed by atoms with E-state index in [-0.39, 0.29) is 11.8 Å². The van der Waals surface area contributed by atoms with Crippen LogP contribution in [0.1, 0.15) is 18.1 Å². The largest absolute Gasteiger partial charge is 0.508 e. The molecule has 2 aromatic carbocycles. The van der Waals surface area contributed by atoms with Crippen molar-refractivity contribution in [1.82, 2.24) is 5.32 Å². The topological polar surface area (TPSA) is 70.6 Å². The van der Waals surface area contributed by atoms with Gasteiger partial charge >= 0.3 is 6.03 Å².